The van der Waals surface area contributed by atoms with E-state index in [4.69, 9.17) is 0 Å². The van der Waals surface area contributed by atoms with E-state index >= 15 is 0 Å². The molecule has 0 amide bonds. The highest BCUT2D eigenvalue weighted by Gasteiger charge is 2.62. The van der Waals surface area contributed by atoms with E-state index in [0.29, 0.717) is 5.56 Å². The highest BCUT2D eigenvalue weighted by molar-refractivity contribution is 9.10. The van der Waals surface area contributed by atoms with Gasteiger partial charge in [0.2, 0.25) is 0 Å². The van der Waals surface area contributed by atoms with Gasteiger partial charge in [-0.1, -0.05) is 15.9 Å². The van der Waals surface area contributed by atoms with E-state index in [2.05, 4.69) is 21.2 Å². The van der Waals surface area contributed by atoms with Crippen molar-refractivity contribution in [1.82, 2.24) is 5.32 Å². The number of hydrogen-bond donors (Lipinski definition) is 2. The lowest BCUT2D eigenvalue weighted by atomic mass is 10.1. The smallest absolute Gasteiger partial charge is 0.406 e. The average Bonchev–Trinajstić information content (AvgIpc) is 2.99. The molecule has 6 heteroatoms. The molecule has 0 atom stereocenters. The minimum atomic E-state index is -4.23. The van der Waals surface area contributed by atoms with Crippen LogP contribution in [-0.4, -0.2) is 16.8 Å². The van der Waals surface area contributed by atoms with Crippen LogP contribution in [0.15, 0.2) is 22.7 Å². The van der Waals surface area contributed by atoms with Crippen LogP contribution in [0.25, 0.3) is 0 Å². The van der Waals surface area contributed by atoms with Gasteiger partial charge in [-0.05, 0) is 31.0 Å². The first kappa shape index (κ1) is 12.7. The molecule has 2 rings (SSSR count). The molecule has 1 aromatic rings. The molecule has 94 valence electrons. The van der Waals surface area contributed by atoms with Crippen LogP contribution in [0.5, 0.6) is 5.75 Å². The second-order valence-corrected chi connectivity index (χ2v) is 5.12. The van der Waals surface area contributed by atoms with Crippen molar-refractivity contribution in [2.45, 2.75) is 31.1 Å². The molecule has 0 aromatic heterocycles. The molecule has 1 aromatic carbocycles. The molecule has 0 saturated heterocycles. The SMILES string of the molecule is Oc1ccc(Br)cc1CNC1(C(F)(F)F)CC1. The summed E-state index contributed by atoms with van der Waals surface area (Å²) < 4.78 is 38.7. The molecule has 0 bridgehead atoms. The summed E-state index contributed by atoms with van der Waals surface area (Å²) in [4.78, 5) is 0. The molecular weight excluding hydrogens is 299 g/mol. The third-order valence-corrected chi connectivity index (χ3v) is 3.44. The van der Waals surface area contributed by atoms with E-state index in [1.807, 2.05) is 0 Å². The molecule has 2 N–H and O–H groups in total. The zero-order chi connectivity index (χ0) is 12.7. The first-order valence-corrected chi connectivity index (χ1v) is 5.92. The zero-order valence-electron chi connectivity index (χ0n) is 8.81. The van der Waals surface area contributed by atoms with Crippen LogP contribution in [0.4, 0.5) is 13.2 Å². The number of halogens is 4. The quantitative estimate of drug-likeness (QED) is 0.897. The number of hydrogen-bond acceptors (Lipinski definition) is 2. The lowest BCUT2D eigenvalue weighted by molar-refractivity contribution is -0.166. The lowest BCUT2D eigenvalue weighted by Gasteiger charge is -2.21. The Kier molecular flexibility index (Phi) is 3.12. The van der Waals surface area contributed by atoms with E-state index in [1.165, 1.54) is 6.07 Å². The minimum absolute atomic E-state index is 0.00123. The van der Waals surface area contributed by atoms with Crippen LogP contribution in [0.1, 0.15) is 18.4 Å². The van der Waals surface area contributed by atoms with Crippen LogP contribution in [-0.2, 0) is 6.54 Å². The van der Waals surface area contributed by atoms with Crippen LogP contribution in [0.3, 0.4) is 0 Å². The van der Waals surface area contributed by atoms with Gasteiger partial charge >= 0.3 is 6.18 Å². The van der Waals surface area contributed by atoms with Gasteiger partial charge < -0.3 is 5.11 Å². The number of benzene rings is 1. The van der Waals surface area contributed by atoms with Gasteiger partial charge in [-0.2, -0.15) is 13.2 Å². The van der Waals surface area contributed by atoms with Crippen molar-refractivity contribution in [3.05, 3.63) is 28.2 Å². The summed E-state index contributed by atoms with van der Waals surface area (Å²) in [5.74, 6) is -0.00123. The van der Waals surface area contributed by atoms with Crippen LogP contribution < -0.4 is 5.32 Å². The van der Waals surface area contributed by atoms with Crippen molar-refractivity contribution in [2.24, 2.45) is 0 Å². The highest BCUT2D eigenvalue weighted by Crippen LogP contribution is 2.49. The predicted molar refractivity (Wildman–Crippen MR) is 60.7 cm³/mol. The maximum Gasteiger partial charge on any atom is 0.406 e. The molecular formula is C11H11BrF3NO. The number of alkyl halides is 3. The van der Waals surface area contributed by atoms with Crippen molar-refractivity contribution < 1.29 is 18.3 Å². The van der Waals surface area contributed by atoms with Crippen molar-refractivity contribution in [3.8, 4) is 5.75 Å². The van der Waals surface area contributed by atoms with Crippen molar-refractivity contribution in [3.63, 3.8) is 0 Å². The predicted octanol–water partition coefficient (Wildman–Crippen LogP) is 3.34. The molecule has 0 spiro atoms. The number of phenolic OH excluding ortho intramolecular Hbond substituents is 1. The summed E-state index contributed by atoms with van der Waals surface area (Å²) in [6, 6.07) is 4.69. The largest absolute Gasteiger partial charge is 0.508 e. The third-order valence-electron chi connectivity index (χ3n) is 2.95. The van der Waals surface area contributed by atoms with E-state index in [-0.39, 0.29) is 25.1 Å². The molecule has 0 radical (unpaired) electrons. The Morgan fingerprint density at radius 2 is 2.00 bits per heavy atom. The van der Waals surface area contributed by atoms with E-state index < -0.39 is 11.7 Å². The maximum atomic E-state index is 12.6. The summed E-state index contributed by atoms with van der Waals surface area (Å²) in [5.41, 5.74) is -1.29. The van der Waals surface area contributed by atoms with Crippen LogP contribution in [0.2, 0.25) is 0 Å². The normalized spacial score (nSPS) is 18.1. The van der Waals surface area contributed by atoms with E-state index in [1.54, 1.807) is 12.1 Å². The first-order valence-electron chi connectivity index (χ1n) is 5.13. The molecule has 1 aliphatic rings. The number of rotatable bonds is 3. The second kappa shape index (κ2) is 4.17. The van der Waals surface area contributed by atoms with Crippen molar-refractivity contribution in [1.29, 1.82) is 0 Å². The van der Waals surface area contributed by atoms with Crippen molar-refractivity contribution >= 4 is 15.9 Å². The average molecular weight is 310 g/mol. The van der Waals surface area contributed by atoms with Gasteiger partial charge in [-0.15, -0.1) is 0 Å². The summed E-state index contributed by atoms with van der Waals surface area (Å²) in [6.45, 7) is 0.00475. The Balaban J connectivity index is 2.06. The van der Waals surface area contributed by atoms with Crippen LogP contribution in [0, 0.1) is 0 Å². The molecule has 0 heterocycles. The third kappa shape index (κ3) is 2.57. The highest BCUT2D eigenvalue weighted by atomic mass is 79.9. The Bertz CT molecular complexity index is 429. The first-order chi connectivity index (χ1) is 7.84. The zero-order valence-corrected chi connectivity index (χ0v) is 10.4. The molecule has 1 aliphatic carbocycles. The molecule has 1 fully saturated rings. The minimum Gasteiger partial charge on any atom is -0.508 e. The molecule has 17 heavy (non-hydrogen) atoms. The second-order valence-electron chi connectivity index (χ2n) is 4.21. The van der Waals surface area contributed by atoms with Gasteiger partial charge in [-0.25, -0.2) is 0 Å². The molecule has 2 nitrogen and oxygen atoms in total. The summed E-state index contributed by atoms with van der Waals surface area (Å²) >= 11 is 3.21. The number of aromatic hydroxyl groups is 1. The molecule has 1 saturated carbocycles. The monoisotopic (exact) mass is 309 g/mol. The Hall–Kier alpha value is -0.750. The fourth-order valence-electron chi connectivity index (χ4n) is 1.65. The Labute approximate surface area is 105 Å². The number of phenols is 1. The van der Waals surface area contributed by atoms with Gasteiger partial charge in [0, 0.05) is 16.6 Å². The lowest BCUT2D eigenvalue weighted by Crippen LogP contribution is -2.44. The van der Waals surface area contributed by atoms with Gasteiger partial charge in [0.1, 0.15) is 11.3 Å². The van der Waals surface area contributed by atoms with Crippen LogP contribution >= 0.6 is 15.9 Å². The summed E-state index contributed by atoms with van der Waals surface area (Å²) in [7, 11) is 0. The van der Waals surface area contributed by atoms with Gasteiger partial charge in [0.05, 0.1) is 0 Å². The maximum absolute atomic E-state index is 12.6. The van der Waals surface area contributed by atoms with E-state index in [9.17, 15) is 18.3 Å². The van der Waals surface area contributed by atoms with E-state index in [0.717, 1.165) is 4.47 Å². The Morgan fingerprint density at radius 1 is 1.35 bits per heavy atom. The fraction of sp³-hybridized carbons (Fsp3) is 0.455. The van der Waals surface area contributed by atoms with Gasteiger partial charge in [-0.3, -0.25) is 5.32 Å². The van der Waals surface area contributed by atoms with Crippen molar-refractivity contribution in [2.75, 3.05) is 0 Å². The standard InChI is InChI=1S/C11H11BrF3NO/c12-8-1-2-9(17)7(5-8)6-16-10(3-4-10)11(13,14)15/h1-2,5,16-17H,3-4,6H2. The molecule has 0 aliphatic heterocycles. The number of nitrogens with one attached hydrogen (secondary N) is 1. The van der Waals surface area contributed by atoms with Gasteiger partial charge in [0.15, 0.2) is 0 Å². The summed E-state index contributed by atoms with van der Waals surface area (Å²) in [5, 5.41) is 12.0. The fourth-order valence-corrected chi connectivity index (χ4v) is 2.05. The Morgan fingerprint density at radius 3 is 2.53 bits per heavy atom. The van der Waals surface area contributed by atoms with Gasteiger partial charge in [0.25, 0.3) is 0 Å². The topological polar surface area (TPSA) is 32.3 Å². The summed E-state index contributed by atoms with van der Waals surface area (Å²) in [6.07, 6.45) is -4.02. The molecule has 0 unspecified atom stereocenters.